The molecule has 0 amide bonds. The lowest BCUT2D eigenvalue weighted by atomic mass is 10.1. The lowest BCUT2D eigenvalue weighted by Crippen LogP contribution is -2.24. The molecule has 0 spiro atoms. The molecule has 2 heterocycles. The van der Waals surface area contributed by atoms with Gasteiger partial charge in [0.25, 0.3) is 5.56 Å². The summed E-state index contributed by atoms with van der Waals surface area (Å²) < 4.78 is 19.6. The van der Waals surface area contributed by atoms with Crippen molar-refractivity contribution in [3.63, 3.8) is 0 Å². The van der Waals surface area contributed by atoms with E-state index >= 15 is 0 Å². The highest BCUT2D eigenvalue weighted by molar-refractivity contribution is 7.17. The lowest BCUT2D eigenvalue weighted by Gasteiger charge is -2.07. The second kappa shape index (κ2) is 7.36. The van der Waals surface area contributed by atoms with E-state index in [9.17, 15) is 14.0 Å². The van der Waals surface area contributed by atoms with Gasteiger partial charge in [-0.15, -0.1) is 11.3 Å². The Hall–Kier alpha value is -3.32. The van der Waals surface area contributed by atoms with E-state index in [1.165, 1.54) is 46.5 Å². The largest absolute Gasteiger partial charge is 0.497 e. The van der Waals surface area contributed by atoms with Crippen molar-refractivity contribution in [2.45, 2.75) is 6.54 Å². The van der Waals surface area contributed by atoms with E-state index in [1.807, 2.05) is 29.6 Å². The predicted molar refractivity (Wildman–Crippen MR) is 107 cm³/mol. The number of carbonyl (C=O) groups is 1. The molecule has 0 saturated heterocycles. The van der Waals surface area contributed by atoms with Gasteiger partial charge in [-0.1, -0.05) is 12.1 Å². The Morgan fingerprint density at radius 2 is 2.00 bits per heavy atom. The number of rotatable bonds is 5. The molecule has 28 heavy (non-hydrogen) atoms. The van der Waals surface area contributed by atoms with Gasteiger partial charge in [0, 0.05) is 16.5 Å². The zero-order valence-electron chi connectivity index (χ0n) is 14.9. The molecule has 2 aromatic carbocycles. The van der Waals surface area contributed by atoms with Crippen LogP contribution in [-0.4, -0.2) is 22.4 Å². The van der Waals surface area contributed by atoms with Gasteiger partial charge in [0.15, 0.2) is 5.78 Å². The number of ether oxygens (including phenoxy) is 1. The van der Waals surface area contributed by atoms with Crippen LogP contribution in [0.25, 0.3) is 21.3 Å². The van der Waals surface area contributed by atoms with E-state index in [1.54, 1.807) is 7.11 Å². The maximum atomic E-state index is 13.1. The fourth-order valence-corrected chi connectivity index (χ4v) is 3.87. The second-order valence-electron chi connectivity index (χ2n) is 6.17. The third-order valence-electron chi connectivity index (χ3n) is 4.42. The van der Waals surface area contributed by atoms with Crippen LogP contribution >= 0.6 is 11.3 Å². The van der Waals surface area contributed by atoms with Gasteiger partial charge < -0.3 is 4.74 Å². The van der Waals surface area contributed by atoms with Gasteiger partial charge in [0.2, 0.25) is 0 Å². The van der Waals surface area contributed by atoms with Crippen LogP contribution in [0.15, 0.2) is 65.0 Å². The molecule has 4 aromatic rings. The minimum Gasteiger partial charge on any atom is -0.497 e. The molecule has 0 fully saturated rings. The third kappa shape index (κ3) is 3.32. The van der Waals surface area contributed by atoms with Crippen molar-refractivity contribution in [3.05, 3.63) is 82.0 Å². The van der Waals surface area contributed by atoms with Crippen LogP contribution < -0.4 is 10.3 Å². The molecule has 0 unspecified atom stereocenters. The molecule has 7 heteroatoms. The van der Waals surface area contributed by atoms with Crippen LogP contribution in [0, 0.1) is 5.82 Å². The van der Waals surface area contributed by atoms with Gasteiger partial charge in [-0.05, 0) is 42.0 Å². The average molecular weight is 394 g/mol. The number of carbonyl (C=O) groups excluding carboxylic acids is 1. The summed E-state index contributed by atoms with van der Waals surface area (Å²) in [4.78, 5) is 30.4. The molecule has 0 radical (unpaired) electrons. The summed E-state index contributed by atoms with van der Waals surface area (Å²) in [5, 5.41) is 2.34. The zero-order valence-corrected chi connectivity index (χ0v) is 15.7. The number of thiophene rings is 1. The van der Waals surface area contributed by atoms with Crippen LogP contribution in [0.5, 0.6) is 5.75 Å². The number of benzene rings is 2. The summed E-state index contributed by atoms with van der Waals surface area (Å²) in [7, 11) is 1.58. The standard InChI is InChI=1S/C21H15FN2O3S/c1-27-16-4-2-3-14(9-16)17-11-28-20-19(17)21(26)24(12-23-20)10-18(25)13-5-7-15(22)8-6-13/h2-9,11-12H,10H2,1H3. The number of fused-ring (bicyclic) bond motifs is 1. The van der Waals surface area contributed by atoms with Crippen molar-refractivity contribution in [1.29, 1.82) is 0 Å². The first-order valence-electron chi connectivity index (χ1n) is 8.46. The first-order valence-corrected chi connectivity index (χ1v) is 9.34. The van der Waals surface area contributed by atoms with Crippen LogP contribution in [0.3, 0.4) is 0 Å². The Morgan fingerprint density at radius 3 is 2.75 bits per heavy atom. The van der Waals surface area contributed by atoms with Crippen molar-refractivity contribution in [2.24, 2.45) is 0 Å². The fourth-order valence-electron chi connectivity index (χ4n) is 2.97. The minimum atomic E-state index is -0.419. The number of nitrogens with zero attached hydrogens (tertiary/aromatic N) is 2. The van der Waals surface area contributed by atoms with E-state index in [2.05, 4.69) is 4.98 Å². The molecular formula is C21H15FN2O3S. The Morgan fingerprint density at radius 1 is 1.21 bits per heavy atom. The van der Waals surface area contributed by atoms with Crippen LogP contribution in [-0.2, 0) is 6.54 Å². The maximum absolute atomic E-state index is 13.1. The van der Waals surface area contributed by atoms with E-state index in [0.29, 0.717) is 21.5 Å². The summed E-state index contributed by atoms with van der Waals surface area (Å²) in [6.45, 7) is -0.166. The maximum Gasteiger partial charge on any atom is 0.263 e. The summed E-state index contributed by atoms with van der Waals surface area (Å²) in [6.07, 6.45) is 1.37. The van der Waals surface area contributed by atoms with Crippen LogP contribution in [0.1, 0.15) is 10.4 Å². The molecule has 0 aliphatic carbocycles. The van der Waals surface area contributed by atoms with Gasteiger partial charge in [-0.25, -0.2) is 9.37 Å². The van der Waals surface area contributed by atoms with E-state index in [4.69, 9.17) is 4.74 Å². The van der Waals surface area contributed by atoms with Gasteiger partial charge in [-0.2, -0.15) is 0 Å². The van der Waals surface area contributed by atoms with Crippen molar-refractivity contribution < 1.29 is 13.9 Å². The second-order valence-corrected chi connectivity index (χ2v) is 7.03. The minimum absolute atomic E-state index is 0.166. The molecule has 0 atom stereocenters. The number of hydrogen-bond donors (Lipinski definition) is 0. The number of ketones is 1. The summed E-state index contributed by atoms with van der Waals surface area (Å²) >= 11 is 1.37. The first kappa shape index (κ1) is 18.1. The Bertz CT molecular complexity index is 1230. The average Bonchev–Trinajstić information content (AvgIpc) is 3.15. The summed E-state index contributed by atoms with van der Waals surface area (Å²) in [5.41, 5.74) is 1.64. The normalized spacial score (nSPS) is 10.9. The number of aromatic nitrogens is 2. The molecule has 140 valence electrons. The van der Waals surface area contributed by atoms with E-state index < -0.39 is 5.82 Å². The number of methoxy groups -OCH3 is 1. The van der Waals surface area contributed by atoms with Crippen LogP contribution in [0.4, 0.5) is 4.39 Å². The SMILES string of the molecule is COc1cccc(-c2csc3ncn(CC(=O)c4ccc(F)cc4)c(=O)c23)c1. The van der Waals surface area contributed by atoms with Gasteiger partial charge >= 0.3 is 0 Å². The smallest absolute Gasteiger partial charge is 0.263 e. The molecule has 0 aliphatic heterocycles. The quantitative estimate of drug-likeness (QED) is 0.477. The van der Waals surface area contributed by atoms with Crippen molar-refractivity contribution in [1.82, 2.24) is 9.55 Å². The third-order valence-corrected chi connectivity index (χ3v) is 5.31. The molecule has 0 aliphatic rings. The fraction of sp³-hybridized carbons (Fsp3) is 0.0952. The molecule has 0 saturated carbocycles. The topological polar surface area (TPSA) is 61.2 Å². The van der Waals surface area contributed by atoms with Crippen molar-refractivity contribution in [2.75, 3.05) is 7.11 Å². The van der Waals surface area contributed by atoms with Gasteiger partial charge in [0.1, 0.15) is 16.4 Å². The monoisotopic (exact) mass is 394 g/mol. The number of Topliss-reactive ketones (excluding diaryl/α,β-unsaturated/α-hetero) is 1. The molecule has 5 nitrogen and oxygen atoms in total. The highest BCUT2D eigenvalue weighted by Crippen LogP contribution is 2.32. The molecular weight excluding hydrogens is 379 g/mol. The zero-order chi connectivity index (χ0) is 19.7. The van der Waals surface area contributed by atoms with Gasteiger partial charge in [-0.3, -0.25) is 14.2 Å². The molecule has 4 rings (SSSR count). The van der Waals surface area contributed by atoms with Crippen molar-refractivity contribution in [3.8, 4) is 16.9 Å². The number of halogens is 1. The number of hydrogen-bond acceptors (Lipinski definition) is 5. The Balaban J connectivity index is 1.75. The van der Waals surface area contributed by atoms with Crippen molar-refractivity contribution >= 4 is 27.3 Å². The Labute approximate surface area is 163 Å². The van der Waals surface area contributed by atoms with Crippen LogP contribution in [0.2, 0.25) is 0 Å². The highest BCUT2D eigenvalue weighted by atomic mass is 32.1. The van der Waals surface area contributed by atoms with Gasteiger partial charge in [0.05, 0.1) is 25.4 Å². The molecule has 2 aromatic heterocycles. The first-order chi connectivity index (χ1) is 13.6. The highest BCUT2D eigenvalue weighted by Gasteiger charge is 2.16. The van der Waals surface area contributed by atoms with E-state index in [-0.39, 0.29) is 17.9 Å². The lowest BCUT2D eigenvalue weighted by molar-refractivity contribution is 0.0970. The molecule has 0 bridgehead atoms. The summed E-state index contributed by atoms with van der Waals surface area (Å²) in [5.74, 6) is -0.0213. The van der Waals surface area contributed by atoms with E-state index in [0.717, 1.165) is 11.1 Å². The Kier molecular flexibility index (Phi) is 4.75. The molecule has 0 N–H and O–H groups in total. The summed E-state index contributed by atoms with van der Waals surface area (Å²) in [6, 6.07) is 12.7. The predicted octanol–water partition coefficient (Wildman–Crippen LogP) is 4.16.